The number of benzene rings is 1. The predicted octanol–water partition coefficient (Wildman–Crippen LogP) is 2.93. The summed E-state index contributed by atoms with van der Waals surface area (Å²) in [5, 5.41) is 4.29. The third-order valence-corrected chi connectivity index (χ3v) is 7.85. The first-order valence-electron chi connectivity index (χ1n) is 8.75. The molecule has 2 aliphatic heterocycles. The number of thiophene rings is 1. The summed E-state index contributed by atoms with van der Waals surface area (Å²) in [7, 11) is -3.20. The number of fused-ring (bicyclic) bond motifs is 1. The van der Waals surface area contributed by atoms with Crippen LogP contribution in [0.25, 0.3) is 0 Å². The van der Waals surface area contributed by atoms with Gasteiger partial charge in [0.25, 0.3) is 0 Å². The van der Waals surface area contributed by atoms with E-state index in [-0.39, 0.29) is 11.5 Å². The van der Waals surface area contributed by atoms with E-state index >= 15 is 0 Å². The molecule has 0 radical (unpaired) electrons. The molecular formula is C19H24N2O2S2. The molecule has 25 heavy (non-hydrogen) atoms. The quantitative estimate of drug-likeness (QED) is 0.824. The Morgan fingerprint density at radius 3 is 2.60 bits per heavy atom. The Morgan fingerprint density at radius 2 is 1.92 bits per heavy atom. The highest BCUT2D eigenvalue weighted by Gasteiger charge is 2.53. The molecule has 134 valence electrons. The first-order valence-corrected chi connectivity index (χ1v) is 11.5. The van der Waals surface area contributed by atoms with Crippen molar-refractivity contribution in [3.8, 4) is 0 Å². The van der Waals surface area contributed by atoms with Gasteiger partial charge in [-0.25, -0.2) is 8.42 Å². The zero-order valence-electron chi connectivity index (χ0n) is 14.5. The second-order valence-electron chi connectivity index (χ2n) is 7.28. The fourth-order valence-electron chi connectivity index (χ4n) is 4.59. The molecule has 6 heteroatoms. The number of hydrogen-bond donors (Lipinski definition) is 0. The highest BCUT2D eigenvalue weighted by atomic mass is 32.2. The Bertz CT molecular complexity index is 820. The number of rotatable bonds is 4. The third kappa shape index (κ3) is 3.16. The summed E-state index contributed by atoms with van der Waals surface area (Å²) in [5.41, 5.74) is 2.57. The van der Waals surface area contributed by atoms with Crippen molar-refractivity contribution in [1.82, 2.24) is 9.21 Å². The maximum atomic E-state index is 12.4. The van der Waals surface area contributed by atoms with Crippen LogP contribution in [0.1, 0.15) is 24.0 Å². The Kier molecular flexibility index (Phi) is 4.48. The minimum Gasteiger partial charge on any atom is -0.297 e. The van der Waals surface area contributed by atoms with Gasteiger partial charge in [0.2, 0.25) is 10.0 Å². The average molecular weight is 377 g/mol. The summed E-state index contributed by atoms with van der Waals surface area (Å²) in [5.74, 6) is 0. The Morgan fingerprint density at radius 1 is 1.16 bits per heavy atom. The topological polar surface area (TPSA) is 40.6 Å². The van der Waals surface area contributed by atoms with Crippen LogP contribution in [0.3, 0.4) is 0 Å². The van der Waals surface area contributed by atoms with Crippen molar-refractivity contribution in [2.75, 3.05) is 25.9 Å². The first-order chi connectivity index (χ1) is 12.0. The highest BCUT2D eigenvalue weighted by molar-refractivity contribution is 7.88. The predicted molar refractivity (Wildman–Crippen MR) is 102 cm³/mol. The number of nitrogens with zero attached hydrogens (tertiary/aromatic N) is 2. The summed E-state index contributed by atoms with van der Waals surface area (Å²) in [6.07, 6.45) is 3.28. The molecule has 0 unspecified atom stereocenters. The molecule has 1 aromatic heterocycles. The Balaban J connectivity index is 1.66. The lowest BCUT2D eigenvalue weighted by atomic mass is 9.69. The van der Waals surface area contributed by atoms with E-state index < -0.39 is 10.0 Å². The van der Waals surface area contributed by atoms with E-state index in [1.165, 1.54) is 17.4 Å². The van der Waals surface area contributed by atoms with Gasteiger partial charge in [-0.1, -0.05) is 30.3 Å². The first kappa shape index (κ1) is 17.2. The number of sulfonamides is 1. The van der Waals surface area contributed by atoms with Crippen molar-refractivity contribution in [3.05, 3.63) is 58.3 Å². The largest absolute Gasteiger partial charge is 0.297 e. The van der Waals surface area contributed by atoms with Gasteiger partial charge in [-0.15, -0.1) is 0 Å². The smallest absolute Gasteiger partial charge is 0.211 e. The van der Waals surface area contributed by atoms with Crippen molar-refractivity contribution < 1.29 is 8.42 Å². The molecule has 0 spiro atoms. The molecule has 2 atom stereocenters. The maximum absolute atomic E-state index is 12.4. The molecule has 0 bridgehead atoms. The highest BCUT2D eigenvalue weighted by Crippen LogP contribution is 2.46. The number of hydrogen-bond acceptors (Lipinski definition) is 4. The number of likely N-dealkylation sites (tertiary alicyclic amines) is 1. The van der Waals surface area contributed by atoms with E-state index in [2.05, 4.69) is 46.0 Å². The lowest BCUT2D eigenvalue weighted by molar-refractivity contribution is 0.111. The normalized spacial score (nSPS) is 28.1. The van der Waals surface area contributed by atoms with Crippen LogP contribution in [-0.2, 0) is 22.0 Å². The summed E-state index contributed by atoms with van der Waals surface area (Å²) in [4.78, 5) is 2.41. The molecular weight excluding hydrogens is 352 g/mol. The van der Waals surface area contributed by atoms with Gasteiger partial charge in [0.1, 0.15) is 0 Å². The molecule has 0 amide bonds. The van der Waals surface area contributed by atoms with Crippen molar-refractivity contribution in [2.45, 2.75) is 30.8 Å². The van der Waals surface area contributed by atoms with E-state index in [1.807, 2.05) is 6.07 Å². The monoisotopic (exact) mass is 376 g/mol. The zero-order valence-corrected chi connectivity index (χ0v) is 16.1. The molecule has 3 heterocycles. The minimum atomic E-state index is -3.20. The second-order valence-corrected chi connectivity index (χ2v) is 9.99. The third-order valence-electron chi connectivity index (χ3n) is 5.83. The van der Waals surface area contributed by atoms with Crippen LogP contribution in [-0.4, -0.2) is 49.6 Å². The molecule has 4 rings (SSSR count). The van der Waals surface area contributed by atoms with Crippen LogP contribution in [0.2, 0.25) is 0 Å². The van der Waals surface area contributed by atoms with Gasteiger partial charge in [0.15, 0.2) is 0 Å². The SMILES string of the molecule is CS(=O)(=O)N1CC[C@@]2(c3ccccc3)CCN(Cc3ccsc3)C[C@H]12. The van der Waals surface area contributed by atoms with Crippen molar-refractivity contribution in [2.24, 2.45) is 0 Å². The van der Waals surface area contributed by atoms with Gasteiger partial charge in [-0.05, 0) is 47.3 Å². The van der Waals surface area contributed by atoms with Gasteiger partial charge in [0.05, 0.1) is 6.26 Å². The van der Waals surface area contributed by atoms with Gasteiger partial charge in [0, 0.05) is 31.1 Å². The van der Waals surface area contributed by atoms with Crippen LogP contribution in [0.15, 0.2) is 47.2 Å². The van der Waals surface area contributed by atoms with Gasteiger partial charge in [-0.3, -0.25) is 4.90 Å². The van der Waals surface area contributed by atoms with Crippen molar-refractivity contribution in [1.29, 1.82) is 0 Å². The maximum Gasteiger partial charge on any atom is 0.211 e. The van der Waals surface area contributed by atoms with Crippen LogP contribution in [0, 0.1) is 0 Å². The van der Waals surface area contributed by atoms with Crippen LogP contribution >= 0.6 is 11.3 Å². The molecule has 0 saturated carbocycles. The molecule has 2 aliphatic rings. The van der Waals surface area contributed by atoms with Gasteiger partial charge < -0.3 is 0 Å². The summed E-state index contributed by atoms with van der Waals surface area (Å²) in [6, 6.07) is 12.7. The molecule has 2 saturated heterocycles. The Hall–Kier alpha value is -1.21. The molecule has 2 aromatic rings. The number of piperidine rings is 1. The lowest BCUT2D eigenvalue weighted by Crippen LogP contribution is -2.56. The van der Waals surface area contributed by atoms with Crippen LogP contribution < -0.4 is 0 Å². The van der Waals surface area contributed by atoms with Crippen molar-refractivity contribution in [3.63, 3.8) is 0 Å². The fraction of sp³-hybridized carbons (Fsp3) is 0.474. The van der Waals surface area contributed by atoms with E-state index in [4.69, 9.17) is 0 Å². The average Bonchev–Trinajstić information content (AvgIpc) is 3.23. The van der Waals surface area contributed by atoms with E-state index in [9.17, 15) is 8.42 Å². The van der Waals surface area contributed by atoms with Crippen LogP contribution in [0.5, 0.6) is 0 Å². The minimum absolute atomic E-state index is 0.0253. The van der Waals surface area contributed by atoms with Gasteiger partial charge >= 0.3 is 0 Å². The van der Waals surface area contributed by atoms with E-state index in [1.54, 1.807) is 15.6 Å². The molecule has 4 nitrogen and oxygen atoms in total. The van der Waals surface area contributed by atoms with E-state index in [0.29, 0.717) is 6.54 Å². The molecule has 0 aliphatic carbocycles. The summed E-state index contributed by atoms with van der Waals surface area (Å²) >= 11 is 1.72. The molecule has 1 aromatic carbocycles. The van der Waals surface area contributed by atoms with Crippen molar-refractivity contribution >= 4 is 21.4 Å². The summed E-state index contributed by atoms with van der Waals surface area (Å²) in [6.45, 7) is 3.35. The van der Waals surface area contributed by atoms with Crippen LogP contribution in [0.4, 0.5) is 0 Å². The molecule has 0 N–H and O–H groups in total. The lowest BCUT2D eigenvalue weighted by Gasteiger charge is -2.46. The van der Waals surface area contributed by atoms with Gasteiger partial charge in [-0.2, -0.15) is 15.6 Å². The molecule has 2 fully saturated rings. The van der Waals surface area contributed by atoms with E-state index in [0.717, 1.165) is 32.5 Å². The fourth-order valence-corrected chi connectivity index (χ4v) is 6.40. The zero-order chi connectivity index (χ0) is 17.5. The standard InChI is InChI=1S/C19H24N2O2S2/c1-25(22,23)21-11-9-19(17-5-3-2-4-6-17)8-10-20(14-18(19)21)13-16-7-12-24-15-16/h2-7,12,15,18H,8-11,13-14H2,1H3/t18-,19+/m0/s1. The summed E-state index contributed by atoms with van der Waals surface area (Å²) < 4.78 is 26.5. The second kappa shape index (κ2) is 6.50. The Labute approximate surface area is 154 Å².